The average Bonchev–Trinajstić information content (AvgIpc) is 3.25. The van der Waals surface area contributed by atoms with Crippen molar-refractivity contribution in [1.82, 2.24) is 10.6 Å². The first-order chi connectivity index (χ1) is 14.1. The summed E-state index contributed by atoms with van der Waals surface area (Å²) in [7, 11) is 0. The molecule has 1 aliphatic heterocycles. The lowest BCUT2D eigenvalue weighted by atomic mass is 9.97. The summed E-state index contributed by atoms with van der Waals surface area (Å²) in [5, 5.41) is 17.9. The molecule has 0 radical (unpaired) electrons. The summed E-state index contributed by atoms with van der Waals surface area (Å²) in [6.07, 6.45) is 5.60. The second-order valence-corrected chi connectivity index (χ2v) is 7.80. The third-order valence-corrected chi connectivity index (χ3v) is 5.73. The molecular formula is C21H30FN3O4. The van der Waals surface area contributed by atoms with Crippen LogP contribution in [0.5, 0.6) is 0 Å². The number of rotatable bonds is 7. The number of para-hydroxylation sites is 1. The van der Waals surface area contributed by atoms with E-state index in [1.165, 1.54) is 12.1 Å². The number of anilines is 1. The fourth-order valence-electron chi connectivity index (χ4n) is 4.09. The molecule has 0 bridgehead atoms. The summed E-state index contributed by atoms with van der Waals surface area (Å²) < 4.78 is 19.6. The minimum atomic E-state index is -0.538. The Morgan fingerprint density at radius 3 is 2.62 bits per heavy atom. The highest BCUT2D eigenvalue weighted by molar-refractivity contribution is 5.89. The number of benzene rings is 1. The normalized spacial score (nSPS) is 24.8. The van der Waals surface area contributed by atoms with Crippen LogP contribution in [-0.2, 0) is 9.53 Å². The maximum atomic E-state index is 13.7. The third-order valence-electron chi connectivity index (χ3n) is 5.73. The molecule has 160 valence electrons. The lowest BCUT2D eigenvalue weighted by molar-refractivity contribution is -0.125. The van der Waals surface area contributed by atoms with Gasteiger partial charge < -0.3 is 25.8 Å². The number of hydrogen-bond acceptors (Lipinski definition) is 4. The van der Waals surface area contributed by atoms with E-state index in [0.717, 1.165) is 25.7 Å². The zero-order valence-electron chi connectivity index (χ0n) is 16.5. The molecule has 8 heteroatoms. The van der Waals surface area contributed by atoms with E-state index in [0.29, 0.717) is 25.8 Å². The first-order valence-corrected chi connectivity index (χ1v) is 10.4. The van der Waals surface area contributed by atoms with Crippen molar-refractivity contribution in [3.8, 4) is 0 Å². The van der Waals surface area contributed by atoms with Gasteiger partial charge in [-0.3, -0.25) is 4.79 Å². The number of ether oxygens (including phenoxy) is 1. The van der Waals surface area contributed by atoms with Crippen molar-refractivity contribution in [2.24, 2.45) is 5.92 Å². The lowest BCUT2D eigenvalue weighted by Gasteiger charge is -2.36. The molecule has 1 saturated carbocycles. The number of carbonyl (C=O) groups is 2. The Labute approximate surface area is 170 Å². The molecule has 1 aromatic rings. The quantitative estimate of drug-likeness (QED) is 0.558. The van der Waals surface area contributed by atoms with Gasteiger partial charge in [0.2, 0.25) is 5.91 Å². The SMILES string of the molecule is O=C(Nc1ccccc1F)N[C@@H]1CC[C@@H](CCNC(=O)C2CCCC2)O[C@@H]1CO. The topological polar surface area (TPSA) is 99.7 Å². The maximum absolute atomic E-state index is 13.7. The van der Waals surface area contributed by atoms with E-state index >= 15 is 0 Å². The Bertz CT molecular complexity index is 696. The summed E-state index contributed by atoms with van der Waals surface area (Å²) in [5.74, 6) is -0.239. The van der Waals surface area contributed by atoms with Gasteiger partial charge in [0, 0.05) is 12.5 Å². The number of halogens is 1. The van der Waals surface area contributed by atoms with Crippen molar-refractivity contribution in [2.75, 3.05) is 18.5 Å². The highest BCUT2D eigenvalue weighted by atomic mass is 19.1. The summed E-state index contributed by atoms with van der Waals surface area (Å²) >= 11 is 0. The van der Waals surface area contributed by atoms with Crippen LogP contribution < -0.4 is 16.0 Å². The Kier molecular flexibility index (Phi) is 7.83. The van der Waals surface area contributed by atoms with Gasteiger partial charge in [-0.15, -0.1) is 0 Å². The average molecular weight is 407 g/mol. The van der Waals surface area contributed by atoms with Gasteiger partial charge in [0.1, 0.15) is 11.9 Å². The van der Waals surface area contributed by atoms with E-state index in [-0.39, 0.29) is 36.3 Å². The van der Waals surface area contributed by atoms with Crippen LogP contribution >= 0.6 is 0 Å². The zero-order chi connectivity index (χ0) is 20.6. The molecule has 1 heterocycles. The summed E-state index contributed by atoms with van der Waals surface area (Å²) in [6, 6.07) is 5.03. The Balaban J connectivity index is 1.41. The standard InChI is InChI=1S/C21H30FN3O4/c22-16-7-3-4-8-17(16)24-21(28)25-18-10-9-15(29-19(18)13-26)11-12-23-20(27)14-5-1-2-6-14/h3-4,7-8,14-15,18-19,26H,1-2,5-6,9-13H2,(H,23,27)(H2,24,25,28)/t15-,18+,19+/m0/s1. The number of aliphatic hydroxyl groups excluding tert-OH is 1. The van der Waals surface area contributed by atoms with Crippen LogP contribution in [0.1, 0.15) is 44.9 Å². The number of hydrogen-bond donors (Lipinski definition) is 4. The van der Waals surface area contributed by atoms with Gasteiger partial charge in [-0.25, -0.2) is 9.18 Å². The third kappa shape index (κ3) is 6.14. The number of carbonyl (C=O) groups excluding carboxylic acids is 2. The highest BCUT2D eigenvalue weighted by Gasteiger charge is 2.32. The van der Waals surface area contributed by atoms with Gasteiger partial charge in [0.05, 0.1) is 24.4 Å². The molecular weight excluding hydrogens is 377 g/mol. The summed E-state index contributed by atoms with van der Waals surface area (Å²) in [4.78, 5) is 24.3. The molecule has 3 amide bonds. The molecule has 7 nitrogen and oxygen atoms in total. The van der Waals surface area contributed by atoms with Gasteiger partial charge in [0.25, 0.3) is 0 Å². The van der Waals surface area contributed by atoms with Crippen molar-refractivity contribution in [2.45, 2.75) is 63.2 Å². The molecule has 0 aromatic heterocycles. The number of aliphatic hydroxyl groups is 1. The smallest absolute Gasteiger partial charge is 0.319 e. The molecule has 1 aromatic carbocycles. The first-order valence-electron chi connectivity index (χ1n) is 10.4. The molecule has 4 N–H and O–H groups in total. The van der Waals surface area contributed by atoms with Crippen LogP contribution in [-0.4, -0.2) is 48.4 Å². The molecule has 2 aliphatic rings. The molecule has 2 fully saturated rings. The van der Waals surface area contributed by atoms with Crippen molar-refractivity contribution in [3.63, 3.8) is 0 Å². The number of nitrogens with one attached hydrogen (secondary N) is 3. The van der Waals surface area contributed by atoms with Crippen LogP contribution in [0, 0.1) is 11.7 Å². The molecule has 3 rings (SSSR count). The number of amides is 3. The second kappa shape index (κ2) is 10.5. The lowest BCUT2D eigenvalue weighted by Crippen LogP contribution is -2.52. The van der Waals surface area contributed by atoms with Gasteiger partial charge in [-0.1, -0.05) is 25.0 Å². The van der Waals surface area contributed by atoms with Crippen LogP contribution in [0.25, 0.3) is 0 Å². The van der Waals surface area contributed by atoms with Crippen molar-refractivity contribution < 1.29 is 23.8 Å². The minimum absolute atomic E-state index is 0.0799. The predicted molar refractivity (Wildman–Crippen MR) is 107 cm³/mol. The predicted octanol–water partition coefficient (Wildman–Crippen LogP) is 2.55. The molecule has 1 aliphatic carbocycles. The molecule has 3 atom stereocenters. The van der Waals surface area contributed by atoms with Crippen LogP contribution in [0.2, 0.25) is 0 Å². The fraction of sp³-hybridized carbons (Fsp3) is 0.619. The van der Waals surface area contributed by atoms with Gasteiger partial charge in [-0.05, 0) is 44.2 Å². The van der Waals surface area contributed by atoms with Crippen molar-refractivity contribution >= 4 is 17.6 Å². The Morgan fingerprint density at radius 1 is 1.14 bits per heavy atom. The largest absolute Gasteiger partial charge is 0.394 e. The van der Waals surface area contributed by atoms with Crippen LogP contribution in [0.4, 0.5) is 14.9 Å². The van der Waals surface area contributed by atoms with Crippen LogP contribution in [0.3, 0.4) is 0 Å². The van der Waals surface area contributed by atoms with Gasteiger partial charge in [-0.2, -0.15) is 0 Å². The second-order valence-electron chi connectivity index (χ2n) is 7.80. The fourth-order valence-corrected chi connectivity index (χ4v) is 4.09. The molecule has 0 spiro atoms. The molecule has 0 unspecified atom stereocenters. The van der Waals surface area contributed by atoms with E-state index in [1.807, 2.05) is 0 Å². The van der Waals surface area contributed by atoms with E-state index in [9.17, 15) is 19.1 Å². The minimum Gasteiger partial charge on any atom is -0.394 e. The first kappa shape index (κ1) is 21.5. The Hall–Kier alpha value is -2.19. The van der Waals surface area contributed by atoms with E-state index in [2.05, 4.69) is 16.0 Å². The van der Waals surface area contributed by atoms with E-state index in [1.54, 1.807) is 12.1 Å². The highest BCUT2D eigenvalue weighted by Crippen LogP contribution is 2.25. The monoisotopic (exact) mass is 407 g/mol. The maximum Gasteiger partial charge on any atom is 0.319 e. The van der Waals surface area contributed by atoms with Crippen molar-refractivity contribution in [3.05, 3.63) is 30.1 Å². The van der Waals surface area contributed by atoms with Gasteiger partial charge in [0.15, 0.2) is 0 Å². The summed E-state index contributed by atoms with van der Waals surface area (Å²) in [6.45, 7) is 0.319. The molecule has 1 saturated heterocycles. The summed E-state index contributed by atoms with van der Waals surface area (Å²) in [5.41, 5.74) is 0.0955. The van der Waals surface area contributed by atoms with Crippen LogP contribution in [0.15, 0.2) is 24.3 Å². The molecule has 29 heavy (non-hydrogen) atoms. The van der Waals surface area contributed by atoms with Crippen molar-refractivity contribution in [1.29, 1.82) is 0 Å². The Morgan fingerprint density at radius 2 is 1.90 bits per heavy atom. The van der Waals surface area contributed by atoms with E-state index in [4.69, 9.17) is 4.74 Å². The van der Waals surface area contributed by atoms with E-state index < -0.39 is 18.0 Å². The number of urea groups is 1. The van der Waals surface area contributed by atoms with Gasteiger partial charge >= 0.3 is 6.03 Å². The zero-order valence-corrected chi connectivity index (χ0v) is 16.5.